The summed E-state index contributed by atoms with van der Waals surface area (Å²) in [6.07, 6.45) is -0.0789. The largest absolute Gasteiger partial charge is 0.394 e. The van der Waals surface area contributed by atoms with Crippen LogP contribution in [0.15, 0.2) is 6.07 Å². The number of aromatic nitrogens is 2. The highest BCUT2D eigenvalue weighted by atomic mass is 16.5. The van der Waals surface area contributed by atoms with E-state index in [1.165, 1.54) is 0 Å². The minimum absolute atomic E-state index is 0.0308. The van der Waals surface area contributed by atoms with E-state index in [4.69, 9.17) is 4.74 Å². The molecule has 0 aliphatic carbocycles. The van der Waals surface area contributed by atoms with Gasteiger partial charge in [-0.05, 0) is 13.8 Å². The summed E-state index contributed by atoms with van der Waals surface area (Å²) in [6, 6.07) is 1.97. The van der Waals surface area contributed by atoms with Crippen molar-refractivity contribution in [3.8, 4) is 0 Å². The first-order valence-corrected chi connectivity index (χ1v) is 7.67. The van der Waals surface area contributed by atoms with Crippen molar-refractivity contribution in [1.29, 1.82) is 0 Å². The van der Waals surface area contributed by atoms with Gasteiger partial charge in [0.15, 0.2) is 0 Å². The number of hydrogen-bond acceptors (Lipinski definition) is 6. The lowest BCUT2D eigenvalue weighted by atomic mass is 10.2. The van der Waals surface area contributed by atoms with Crippen LogP contribution in [0, 0.1) is 0 Å². The first-order valence-electron chi connectivity index (χ1n) is 7.67. The number of anilines is 2. The van der Waals surface area contributed by atoms with Gasteiger partial charge in [-0.25, -0.2) is 9.97 Å². The molecule has 118 valence electrons. The maximum absolute atomic E-state index is 9.36. The fourth-order valence-electron chi connectivity index (χ4n) is 2.48. The van der Waals surface area contributed by atoms with E-state index in [9.17, 15) is 5.11 Å². The van der Waals surface area contributed by atoms with Crippen molar-refractivity contribution in [2.75, 3.05) is 36.5 Å². The van der Waals surface area contributed by atoms with Crippen LogP contribution in [0.2, 0.25) is 0 Å². The molecule has 0 aromatic carbocycles. The molecule has 2 atom stereocenters. The number of morpholine rings is 1. The number of nitrogens with one attached hydrogen (secondary N) is 1. The summed E-state index contributed by atoms with van der Waals surface area (Å²) >= 11 is 0. The summed E-state index contributed by atoms with van der Waals surface area (Å²) < 4.78 is 5.69. The van der Waals surface area contributed by atoms with Gasteiger partial charge in [-0.1, -0.05) is 13.8 Å². The summed E-state index contributed by atoms with van der Waals surface area (Å²) in [5, 5.41) is 12.6. The Kier molecular flexibility index (Phi) is 5.36. The Hall–Kier alpha value is -1.40. The quantitative estimate of drug-likeness (QED) is 0.860. The highest BCUT2D eigenvalue weighted by Gasteiger charge is 2.26. The van der Waals surface area contributed by atoms with Crippen LogP contribution in [0.3, 0.4) is 0 Å². The highest BCUT2D eigenvalue weighted by molar-refractivity contribution is 5.50. The van der Waals surface area contributed by atoms with E-state index in [2.05, 4.69) is 41.0 Å². The van der Waals surface area contributed by atoms with Gasteiger partial charge in [0, 0.05) is 31.6 Å². The minimum atomic E-state index is -0.159. The van der Waals surface area contributed by atoms with Crippen LogP contribution in [0.5, 0.6) is 0 Å². The maximum Gasteiger partial charge on any atom is 0.135 e. The van der Waals surface area contributed by atoms with Crippen molar-refractivity contribution < 1.29 is 9.84 Å². The normalized spacial score (nSPS) is 22.7. The SMILES string of the molecule is CCNc1cc(N2CC(C)OC(CO)C2)nc(C(C)C)n1. The fourth-order valence-corrected chi connectivity index (χ4v) is 2.48. The lowest BCUT2D eigenvalue weighted by Crippen LogP contribution is -2.48. The molecule has 1 aromatic rings. The predicted molar refractivity (Wildman–Crippen MR) is 83.9 cm³/mol. The molecule has 6 heteroatoms. The van der Waals surface area contributed by atoms with E-state index < -0.39 is 0 Å². The topological polar surface area (TPSA) is 70.5 Å². The molecule has 0 amide bonds. The molecule has 1 aliphatic heterocycles. The van der Waals surface area contributed by atoms with E-state index in [0.29, 0.717) is 6.54 Å². The van der Waals surface area contributed by atoms with Gasteiger partial charge < -0.3 is 20.1 Å². The summed E-state index contributed by atoms with van der Waals surface area (Å²) in [6.45, 7) is 10.5. The van der Waals surface area contributed by atoms with Crippen LogP contribution in [-0.4, -0.2) is 53.5 Å². The Morgan fingerprint density at radius 3 is 2.81 bits per heavy atom. The zero-order valence-corrected chi connectivity index (χ0v) is 13.3. The third kappa shape index (κ3) is 4.04. The third-order valence-corrected chi connectivity index (χ3v) is 3.46. The van der Waals surface area contributed by atoms with Gasteiger partial charge in [-0.2, -0.15) is 0 Å². The first kappa shape index (κ1) is 16.0. The average Bonchev–Trinajstić information content (AvgIpc) is 2.46. The Bertz CT molecular complexity index is 467. The van der Waals surface area contributed by atoms with Crippen LogP contribution in [0.4, 0.5) is 11.6 Å². The Balaban J connectivity index is 2.28. The standard InChI is InChI=1S/C15H26N4O2/c1-5-16-13-6-14(18-15(17-13)10(2)3)19-7-11(4)21-12(8-19)9-20/h6,10-12,20H,5,7-9H2,1-4H3,(H,16,17,18). The van der Waals surface area contributed by atoms with Crippen molar-refractivity contribution in [3.63, 3.8) is 0 Å². The van der Waals surface area contributed by atoms with E-state index in [1.807, 2.05) is 13.0 Å². The van der Waals surface area contributed by atoms with Crippen molar-refractivity contribution in [3.05, 3.63) is 11.9 Å². The second-order valence-electron chi connectivity index (χ2n) is 5.81. The third-order valence-electron chi connectivity index (χ3n) is 3.46. The fraction of sp³-hybridized carbons (Fsp3) is 0.733. The molecular formula is C15H26N4O2. The van der Waals surface area contributed by atoms with Gasteiger partial charge >= 0.3 is 0 Å². The number of aliphatic hydroxyl groups is 1. The summed E-state index contributed by atoms with van der Waals surface area (Å²) in [4.78, 5) is 11.4. The van der Waals surface area contributed by atoms with Crippen LogP contribution in [0.25, 0.3) is 0 Å². The van der Waals surface area contributed by atoms with Gasteiger partial charge in [0.25, 0.3) is 0 Å². The molecule has 0 bridgehead atoms. The molecule has 0 saturated carbocycles. The zero-order valence-electron chi connectivity index (χ0n) is 13.3. The van der Waals surface area contributed by atoms with E-state index in [0.717, 1.165) is 30.5 Å². The van der Waals surface area contributed by atoms with E-state index in [1.54, 1.807) is 0 Å². The van der Waals surface area contributed by atoms with Gasteiger partial charge in [0.05, 0.1) is 18.8 Å². The molecule has 0 radical (unpaired) electrons. The smallest absolute Gasteiger partial charge is 0.135 e. The summed E-state index contributed by atoms with van der Waals surface area (Å²) in [7, 11) is 0. The Morgan fingerprint density at radius 1 is 1.43 bits per heavy atom. The molecule has 1 saturated heterocycles. The number of aliphatic hydroxyl groups excluding tert-OH is 1. The van der Waals surface area contributed by atoms with Gasteiger partial charge in [0.2, 0.25) is 0 Å². The molecule has 21 heavy (non-hydrogen) atoms. The first-order chi connectivity index (χ1) is 10.0. The molecule has 1 fully saturated rings. The molecule has 1 aliphatic rings. The van der Waals surface area contributed by atoms with Crippen LogP contribution >= 0.6 is 0 Å². The molecule has 0 spiro atoms. The van der Waals surface area contributed by atoms with E-state index in [-0.39, 0.29) is 24.7 Å². The lowest BCUT2D eigenvalue weighted by molar-refractivity contribution is -0.0423. The van der Waals surface area contributed by atoms with Crippen LogP contribution in [0.1, 0.15) is 39.4 Å². The number of nitrogens with zero attached hydrogens (tertiary/aromatic N) is 3. The van der Waals surface area contributed by atoms with Gasteiger partial charge in [-0.15, -0.1) is 0 Å². The molecule has 2 unspecified atom stereocenters. The van der Waals surface area contributed by atoms with Crippen molar-refractivity contribution in [1.82, 2.24) is 9.97 Å². The van der Waals surface area contributed by atoms with Gasteiger partial charge in [-0.3, -0.25) is 0 Å². The summed E-state index contributed by atoms with van der Waals surface area (Å²) in [5.74, 6) is 2.86. The Morgan fingerprint density at radius 2 is 2.19 bits per heavy atom. The Labute approximate surface area is 126 Å². The average molecular weight is 294 g/mol. The van der Waals surface area contributed by atoms with Crippen molar-refractivity contribution in [2.45, 2.75) is 45.8 Å². The second-order valence-corrected chi connectivity index (χ2v) is 5.81. The maximum atomic E-state index is 9.36. The summed E-state index contributed by atoms with van der Waals surface area (Å²) in [5.41, 5.74) is 0. The molecule has 1 aromatic heterocycles. The second kappa shape index (κ2) is 7.04. The molecule has 6 nitrogen and oxygen atoms in total. The minimum Gasteiger partial charge on any atom is -0.394 e. The number of rotatable bonds is 5. The molecule has 2 heterocycles. The zero-order chi connectivity index (χ0) is 15.4. The van der Waals surface area contributed by atoms with Crippen molar-refractivity contribution >= 4 is 11.6 Å². The van der Waals surface area contributed by atoms with Crippen LogP contribution in [-0.2, 0) is 4.74 Å². The van der Waals surface area contributed by atoms with Gasteiger partial charge in [0.1, 0.15) is 17.5 Å². The van der Waals surface area contributed by atoms with Crippen molar-refractivity contribution in [2.24, 2.45) is 0 Å². The number of ether oxygens (including phenoxy) is 1. The lowest BCUT2D eigenvalue weighted by Gasteiger charge is -2.37. The van der Waals surface area contributed by atoms with E-state index >= 15 is 0 Å². The molecule has 2 rings (SSSR count). The highest BCUT2D eigenvalue weighted by Crippen LogP contribution is 2.23. The predicted octanol–water partition coefficient (Wildman–Crippen LogP) is 1.62. The number of hydrogen-bond donors (Lipinski definition) is 2. The van der Waals surface area contributed by atoms with Crippen LogP contribution < -0.4 is 10.2 Å². The molecular weight excluding hydrogens is 268 g/mol. The molecule has 2 N–H and O–H groups in total. The monoisotopic (exact) mass is 294 g/mol.